The lowest BCUT2D eigenvalue weighted by Gasteiger charge is -2.09. The fourth-order valence-electron chi connectivity index (χ4n) is 1.06. The average molecular weight is 224 g/mol. The van der Waals surface area contributed by atoms with Crippen molar-refractivity contribution in [3.05, 3.63) is 35.4 Å². The standard InChI is InChI=1S/C11H10ClNO2/c1-3-4-15-11-8(7-13)5-9(14-2)6-10(11)12/h3,5-6H,1,4H2,2H3. The second-order valence-electron chi connectivity index (χ2n) is 2.70. The van der Waals surface area contributed by atoms with E-state index in [4.69, 9.17) is 26.3 Å². The van der Waals surface area contributed by atoms with Crippen LogP contribution in [0.1, 0.15) is 5.56 Å². The molecule has 1 aromatic rings. The maximum absolute atomic E-state index is 8.89. The Morgan fingerprint density at radius 3 is 2.87 bits per heavy atom. The van der Waals surface area contributed by atoms with Gasteiger partial charge in [-0.3, -0.25) is 0 Å². The Morgan fingerprint density at radius 1 is 1.60 bits per heavy atom. The number of halogens is 1. The lowest BCUT2D eigenvalue weighted by Crippen LogP contribution is -1.97. The summed E-state index contributed by atoms with van der Waals surface area (Å²) in [7, 11) is 1.51. The first kappa shape index (κ1) is 11.4. The summed E-state index contributed by atoms with van der Waals surface area (Å²) in [6, 6.07) is 5.17. The molecule has 0 aromatic heterocycles. The summed E-state index contributed by atoms with van der Waals surface area (Å²) in [6.07, 6.45) is 1.59. The highest BCUT2D eigenvalue weighted by molar-refractivity contribution is 6.32. The zero-order chi connectivity index (χ0) is 11.3. The largest absolute Gasteiger partial charge is 0.497 e. The molecule has 0 N–H and O–H groups in total. The van der Waals surface area contributed by atoms with E-state index in [1.807, 2.05) is 6.07 Å². The van der Waals surface area contributed by atoms with Gasteiger partial charge in [-0.15, -0.1) is 0 Å². The fourth-order valence-corrected chi connectivity index (χ4v) is 1.32. The third-order valence-corrected chi connectivity index (χ3v) is 2.00. The monoisotopic (exact) mass is 223 g/mol. The van der Waals surface area contributed by atoms with Gasteiger partial charge < -0.3 is 9.47 Å². The molecule has 1 aromatic carbocycles. The van der Waals surface area contributed by atoms with Gasteiger partial charge >= 0.3 is 0 Å². The summed E-state index contributed by atoms with van der Waals surface area (Å²) in [5, 5.41) is 9.25. The summed E-state index contributed by atoms with van der Waals surface area (Å²) < 4.78 is 10.3. The Labute approximate surface area is 93.5 Å². The minimum Gasteiger partial charge on any atom is -0.497 e. The van der Waals surface area contributed by atoms with E-state index in [9.17, 15) is 0 Å². The van der Waals surface area contributed by atoms with Gasteiger partial charge in [-0.05, 0) is 0 Å². The molecule has 78 valence electrons. The van der Waals surface area contributed by atoms with Crippen molar-refractivity contribution in [2.24, 2.45) is 0 Å². The van der Waals surface area contributed by atoms with Gasteiger partial charge in [-0.25, -0.2) is 0 Å². The van der Waals surface area contributed by atoms with Crippen LogP contribution < -0.4 is 9.47 Å². The maximum Gasteiger partial charge on any atom is 0.156 e. The second-order valence-corrected chi connectivity index (χ2v) is 3.10. The van der Waals surface area contributed by atoms with E-state index in [2.05, 4.69) is 6.58 Å². The lowest BCUT2D eigenvalue weighted by atomic mass is 10.2. The van der Waals surface area contributed by atoms with E-state index in [0.717, 1.165) is 0 Å². The topological polar surface area (TPSA) is 42.2 Å². The fraction of sp³-hybridized carbons (Fsp3) is 0.182. The summed E-state index contributed by atoms with van der Waals surface area (Å²) in [5.74, 6) is 0.891. The molecule has 0 saturated carbocycles. The van der Waals surface area contributed by atoms with Crippen molar-refractivity contribution in [1.29, 1.82) is 5.26 Å². The van der Waals surface area contributed by atoms with Gasteiger partial charge in [0.25, 0.3) is 0 Å². The highest BCUT2D eigenvalue weighted by Crippen LogP contribution is 2.32. The Balaban J connectivity index is 3.13. The predicted molar refractivity (Wildman–Crippen MR) is 58.4 cm³/mol. The second kappa shape index (κ2) is 5.28. The molecule has 4 heteroatoms. The van der Waals surface area contributed by atoms with Crippen LogP contribution in [0.3, 0.4) is 0 Å². The number of nitrogens with zero attached hydrogens (tertiary/aromatic N) is 1. The van der Waals surface area contributed by atoms with Crippen molar-refractivity contribution in [3.8, 4) is 17.6 Å². The van der Waals surface area contributed by atoms with Crippen LogP contribution in [-0.2, 0) is 0 Å². The zero-order valence-electron chi connectivity index (χ0n) is 8.29. The summed E-state index contributed by atoms with van der Waals surface area (Å²) >= 11 is 5.94. The molecule has 3 nitrogen and oxygen atoms in total. The molecule has 0 bridgehead atoms. The van der Waals surface area contributed by atoms with Gasteiger partial charge in [0, 0.05) is 12.1 Å². The van der Waals surface area contributed by atoms with Crippen molar-refractivity contribution in [2.45, 2.75) is 0 Å². The minimum absolute atomic E-state index is 0.306. The van der Waals surface area contributed by atoms with E-state index in [1.165, 1.54) is 7.11 Å². The molecule has 0 radical (unpaired) electrons. The van der Waals surface area contributed by atoms with Crippen LogP contribution in [-0.4, -0.2) is 13.7 Å². The molecular formula is C11H10ClNO2. The number of benzene rings is 1. The zero-order valence-corrected chi connectivity index (χ0v) is 9.04. The molecule has 1 rings (SSSR count). The number of methoxy groups -OCH3 is 1. The quantitative estimate of drug-likeness (QED) is 0.737. The molecule has 0 aliphatic rings. The van der Waals surface area contributed by atoms with Crippen LogP contribution in [0.15, 0.2) is 24.8 Å². The van der Waals surface area contributed by atoms with Crippen LogP contribution in [0.2, 0.25) is 5.02 Å². The normalized spacial score (nSPS) is 9.13. The molecule has 0 fully saturated rings. The molecule has 0 saturated heterocycles. The first-order valence-electron chi connectivity index (χ1n) is 4.24. The van der Waals surface area contributed by atoms with Crippen molar-refractivity contribution < 1.29 is 9.47 Å². The highest BCUT2D eigenvalue weighted by atomic mass is 35.5. The Morgan fingerprint density at radius 2 is 2.33 bits per heavy atom. The molecular weight excluding hydrogens is 214 g/mol. The smallest absolute Gasteiger partial charge is 0.156 e. The first-order valence-corrected chi connectivity index (χ1v) is 4.62. The van der Waals surface area contributed by atoms with Gasteiger partial charge in [0.05, 0.1) is 17.7 Å². The lowest BCUT2D eigenvalue weighted by molar-refractivity contribution is 0.360. The van der Waals surface area contributed by atoms with Crippen molar-refractivity contribution in [3.63, 3.8) is 0 Å². The number of hydrogen-bond donors (Lipinski definition) is 0. The molecule has 0 aliphatic carbocycles. The van der Waals surface area contributed by atoms with Crippen LogP contribution in [0.5, 0.6) is 11.5 Å². The third kappa shape index (κ3) is 2.64. The number of nitriles is 1. The van der Waals surface area contributed by atoms with Crippen molar-refractivity contribution in [1.82, 2.24) is 0 Å². The number of ether oxygens (including phenoxy) is 2. The van der Waals surface area contributed by atoms with E-state index in [1.54, 1.807) is 18.2 Å². The average Bonchev–Trinajstić information content (AvgIpc) is 2.26. The van der Waals surface area contributed by atoms with Crippen LogP contribution in [0.4, 0.5) is 0 Å². The van der Waals surface area contributed by atoms with Gasteiger partial charge in [0.15, 0.2) is 5.75 Å². The van der Waals surface area contributed by atoms with E-state index in [0.29, 0.717) is 28.7 Å². The van der Waals surface area contributed by atoms with Crippen molar-refractivity contribution in [2.75, 3.05) is 13.7 Å². The van der Waals surface area contributed by atoms with Gasteiger partial charge in [0.2, 0.25) is 0 Å². The molecule has 0 spiro atoms. The Bertz CT molecular complexity index is 410. The summed E-state index contributed by atoms with van der Waals surface area (Å²) in [5.41, 5.74) is 0.348. The Kier molecular flexibility index (Phi) is 4.02. The number of hydrogen-bond acceptors (Lipinski definition) is 3. The molecule has 0 heterocycles. The molecule has 0 aliphatic heterocycles. The molecule has 0 unspecified atom stereocenters. The SMILES string of the molecule is C=CCOc1c(Cl)cc(OC)cc1C#N. The van der Waals surface area contributed by atoms with E-state index in [-0.39, 0.29) is 0 Å². The highest BCUT2D eigenvalue weighted by Gasteiger charge is 2.10. The van der Waals surface area contributed by atoms with E-state index < -0.39 is 0 Å². The summed E-state index contributed by atoms with van der Waals surface area (Å²) in [6.45, 7) is 3.83. The van der Waals surface area contributed by atoms with Crippen LogP contribution >= 0.6 is 11.6 Å². The Hall–Kier alpha value is -1.66. The third-order valence-electron chi connectivity index (χ3n) is 1.72. The first-order chi connectivity index (χ1) is 7.22. The molecule has 0 atom stereocenters. The maximum atomic E-state index is 8.89. The number of rotatable bonds is 4. The minimum atomic E-state index is 0.306. The van der Waals surface area contributed by atoms with E-state index >= 15 is 0 Å². The van der Waals surface area contributed by atoms with Gasteiger partial charge in [-0.2, -0.15) is 5.26 Å². The van der Waals surface area contributed by atoms with Gasteiger partial charge in [0.1, 0.15) is 18.4 Å². The molecule has 15 heavy (non-hydrogen) atoms. The molecule has 0 amide bonds. The van der Waals surface area contributed by atoms with Crippen LogP contribution in [0.25, 0.3) is 0 Å². The van der Waals surface area contributed by atoms with Crippen LogP contribution in [0, 0.1) is 11.3 Å². The summed E-state index contributed by atoms with van der Waals surface area (Å²) in [4.78, 5) is 0. The predicted octanol–water partition coefficient (Wildman–Crippen LogP) is 2.79. The van der Waals surface area contributed by atoms with Crippen molar-refractivity contribution >= 4 is 11.6 Å². The van der Waals surface area contributed by atoms with Gasteiger partial charge in [-0.1, -0.05) is 24.3 Å².